The van der Waals surface area contributed by atoms with E-state index in [1.807, 2.05) is 23.6 Å². The molecule has 72 valence electrons. The highest BCUT2D eigenvalue weighted by Gasteiger charge is 2.12. The number of halogens is 2. The molecule has 0 atom stereocenters. The van der Waals surface area contributed by atoms with Gasteiger partial charge in [-0.25, -0.2) is 0 Å². The lowest BCUT2D eigenvalue weighted by Gasteiger charge is -1.90. The van der Waals surface area contributed by atoms with E-state index in [1.54, 1.807) is 0 Å². The van der Waals surface area contributed by atoms with Gasteiger partial charge in [-0.3, -0.25) is 4.79 Å². The van der Waals surface area contributed by atoms with Gasteiger partial charge in [0, 0.05) is 10.9 Å². The van der Waals surface area contributed by atoms with Gasteiger partial charge in [0.25, 0.3) is 0 Å². The normalized spacial score (nSPS) is 10.4. The van der Waals surface area contributed by atoms with E-state index < -0.39 is 0 Å². The predicted octanol–water partition coefficient (Wildman–Crippen LogP) is 4.57. The van der Waals surface area contributed by atoms with E-state index in [0.29, 0.717) is 0 Å². The van der Waals surface area contributed by atoms with Gasteiger partial charge in [-0.2, -0.15) is 0 Å². The third-order valence-electron chi connectivity index (χ3n) is 1.63. The first-order valence-corrected chi connectivity index (χ1v) is 6.99. The van der Waals surface area contributed by atoms with Crippen molar-refractivity contribution in [2.24, 2.45) is 0 Å². The zero-order valence-corrected chi connectivity index (χ0v) is 11.6. The molecule has 14 heavy (non-hydrogen) atoms. The maximum atomic E-state index is 11.8. The lowest BCUT2D eigenvalue weighted by Crippen LogP contribution is -1.95. The maximum Gasteiger partial charge on any atom is 0.203 e. The van der Waals surface area contributed by atoms with Gasteiger partial charge in [0.2, 0.25) is 5.78 Å². The first-order chi connectivity index (χ1) is 6.66. The Morgan fingerprint density at radius 2 is 2.00 bits per heavy atom. The molecule has 0 fully saturated rings. The maximum absolute atomic E-state index is 11.8. The number of carbonyl (C=O) groups excluding carboxylic acids is 1. The van der Waals surface area contributed by atoms with Crippen LogP contribution in [0.4, 0.5) is 0 Å². The fourth-order valence-corrected chi connectivity index (χ4v) is 3.49. The first kappa shape index (κ1) is 10.5. The molecule has 0 aliphatic carbocycles. The van der Waals surface area contributed by atoms with Gasteiger partial charge in [-0.1, -0.05) is 0 Å². The van der Waals surface area contributed by atoms with Crippen LogP contribution in [0.5, 0.6) is 0 Å². The number of hydrogen-bond acceptors (Lipinski definition) is 3. The minimum absolute atomic E-state index is 0.0858. The topological polar surface area (TPSA) is 17.1 Å². The molecule has 0 saturated carbocycles. The summed E-state index contributed by atoms with van der Waals surface area (Å²) in [6.45, 7) is 0. The Bertz CT molecular complexity index is 430. The molecule has 2 rings (SSSR count). The van der Waals surface area contributed by atoms with E-state index in [0.717, 1.165) is 18.0 Å². The largest absolute Gasteiger partial charge is 0.288 e. The van der Waals surface area contributed by atoms with Crippen molar-refractivity contribution < 1.29 is 4.79 Å². The van der Waals surface area contributed by atoms with Crippen molar-refractivity contribution in [2.75, 3.05) is 0 Å². The summed E-state index contributed by atoms with van der Waals surface area (Å²) >= 11 is 9.66. The number of carbonyl (C=O) groups is 1. The molecule has 0 aromatic carbocycles. The van der Waals surface area contributed by atoms with Crippen molar-refractivity contribution >= 4 is 60.3 Å². The van der Waals surface area contributed by atoms with Gasteiger partial charge in [-0.15, -0.1) is 22.7 Å². The summed E-state index contributed by atoms with van der Waals surface area (Å²) in [6.07, 6.45) is 0. The molecule has 2 aromatic heterocycles. The van der Waals surface area contributed by atoms with Crippen molar-refractivity contribution in [2.45, 2.75) is 0 Å². The standard InChI is InChI=1S/C9H4Br2OS2/c10-7-2-1-6(14-7)9(12)5-3-8(11)13-4-5/h1-4H. The molecule has 2 aromatic rings. The van der Waals surface area contributed by atoms with E-state index >= 15 is 0 Å². The predicted molar refractivity (Wildman–Crippen MR) is 67.5 cm³/mol. The average Bonchev–Trinajstić information content (AvgIpc) is 2.73. The molecular weight excluding hydrogens is 348 g/mol. The van der Waals surface area contributed by atoms with Crippen LogP contribution in [-0.4, -0.2) is 5.78 Å². The smallest absolute Gasteiger partial charge is 0.203 e. The lowest BCUT2D eigenvalue weighted by molar-refractivity contribution is 0.104. The van der Waals surface area contributed by atoms with Crippen molar-refractivity contribution in [1.82, 2.24) is 0 Å². The highest BCUT2D eigenvalue weighted by molar-refractivity contribution is 9.11. The van der Waals surface area contributed by atoms with Gasteiger partial charge in [0.1, 0.15) is 0 Å². The molecule has 0 spiro atoms. The van der Waals surface area contributed by atoms with Crippen LogP contribution in [0, 0.1) is 0 Å². The average molecular weight is 352 g/mol. The molecule has 0 amide bonds. The second kappa shape index (κ2) is 4.26. The molecule has 0 N–H and O–H groups in total. The van der Waals surface area contributed by atoms with Crippen LogP contribution in [0.1, 0.15) is 15.2 Å². The molecule has 5 heteroatoms. The molecule has 0 aliphatic heterocycles. The molecule has 0 radical (unpaired) electrons. The summed E-state index contributed by atoms with van der Waals surface area (Å²) < 4.78 is 1.96. The Hall–Kier alpha value is 0.0300. The van der Waals surface area contributed by atoms with Gasteiger partial charge in [0.05, 0.1) is 12.4 Å². The second-order valence-electron chi connectivity index (χ2n) is 2.57. The SMILES string of the molecule is O=C(c1csc(Br)c1)c1ccc(Br)s1. The molecule has 0 saturated heterocycles. The monoisotopic (exact) mass is 350 g/mol. The Balaban J connectivity index is 2.33. The van der Waals surface area contributed by atoms with E-state index in [2.05, 4.69) is 31.9 Å². The summed E-state index contributed by atoms with van der Waals surface area (Å²) in [6, 6.07) is 5.57. The number of thiophene rings is 2. The Kier molecular flexibility index (Phi) is 3.21. The fourth-order valence-electron chi connectivity index (χ4n) is 1.01. The van der Waals surface area contributed by atoms with Crippen LogP contribution < -0.4 is 0 Å². The summed E-state index contributed by atoms with van der Waals surface area (Å²) in [5.74, 6) is 0.0858. The third kappa shape index (κ3) is 2.16. The van der Waals surface area contributed by atoms with E-state index in [1.165, 1.54) is 22.7 Å². The molecule has 1 nitrogen and oxygen atoms in total. The van der Waals surface area contributed by atoms with E-state index in [9.17, 15) is 4.79 Å². The quantitative estimate of drug-likeness (QED) is 0.724. The lowest BCUT2D eigenvalue weighted by atomic mass is 10.2. The van der Waals surface area contributed by atoms with Crippen LogP contribution in [-0.2, 0) is 0 Å². The van der Waals surface area contributed by atoms with E-state index in [4.69, 9.17) is 0 Å². The first-order valence-electron chi connectivity index (χ1n) is 3.71. The summed E-state index contributed by atoms with van der Waals surface area (Å²) in [5.41, 5.74) is 0.747. The van der Waals surface area contributed by atoms with E-state index in [-0.39, 0.29) is 5.78 Å². The fraction of sp³-hybridized carbons (Fsp3) is 0. The molecule has 2 heterocycles. The number of rotatable bonds is 2. The second-order valence-corrected chi connectivity index (χ2v) is 7.33. The van der Waals surface area contributed by atoms with Crippen molar-refractivity contribution in [3.8, 4) is 0 Å². The summed E-state index contributed by atoms with van der Waals surface area (Å²) in [4.78, 5) is 12.6. The van der Waals surface area contributed by atoms with Crippen LogP contribution in [0.15, 0.2) is 31.2 Å². The Labute approximate surface area is 106 Å². The van der Waals surface area contributed by atoms with Gasteiger partial charge < -0.3 is 0 Å². The summed E-state index contributed by atoms with van der Waals surface area (Å²) in [5, 5.41) is 1.86. The Morgan fingerprint density at radius 3 is 2.50 bits per heavy atom. The van der Waals surface area contributed by atoms with Crippen LogP contribution in [0.3, 0.4) is 0 Å². The highest BCUT2D eigenvalue weighted by atomic mass is 79.9. The van der Waals surface area contributed by atoms with Crippen LogP contribution in [0.25, 0.3) is 0 Å². The zero-order chi connectivity index (χ0) is 10.1. The zero-order valence-electron chi connectivity index (χ0n) is 6.79. The third-order valence-corrected chi connectivity index (χ3v) is 4.75. The van der Waals surface area contributed by atoms with Gasteiger partial charge >= 0.3 is 0 Å². The summed E-state index contributed by atoms with van der Waals surface area (Å²) in [7, 11) is 0. The van der Waals surface area contributed by atoms with Crippen LogP contribution in [0.2, 0.25) is 0 Å². The minimum atomic E-state index is 0.0858. The molecule has 0 aliphatic rings. The minimum Gasteiger partial charge on any atom is -0.288 e. The van der Waals surface area contributed by atoms with Gasteiger partial charge in [-0.05, 0) is 50.1 Å². The van der Waals surface area contributed by atoms with Crippen molar-refractivity contribution in [1.29, 1.82) is 0 Å². The highest BCUT2D eigenvalue weighted by Crippen LogP contribution is 2.27. The Morgan fingerprint density at radius 1 is 1.21 bits per heavy atom. The van der Waals surface area contributed by atoms with Crippen molar-refractivity contribution in [3.63, 3.8) is 0 Å². The van der Waals surface area contributed by atoms with Crippen LogP contribution >= 0.6 is 54.5 Å². The number of ketones is 1. The number of hydrogen-bond donors (Lipinski definition) is 0. The molecular formula is C9H4Br2OS2. The van der Waals surface area contributed by atoms with Gasteiger partial charge in [0.15, 0.2) is 0 Å². The van der Waals surface area contributed by atoms with Crippen molar-refractivity contribution in [3.05, 3.63) is 41.6 Å². The molecule has 0 unspecified atom stereocenters. The molecule has 0 bridgehead atoms.